The fraction of sp³-hybridized carbons (Fsp3) is 0.346. The van der Waals surface area contributed by atoms with Gasteiger partial charge in [0.2, 0.25) is 5.88 Å². The number of pyridine rings is 1. The van der Waals surface area contributed by atoms with Crippen molar-refractivity contribution in [1.29, 1.82) is 0 Å². The Balaban J connectivity index is 1.80. The van der Waals surface area contributed by atoms with E-state index >= 15 is 8.78 Å². The molecule has 7 N–H and O–H groups in total. The van der Waals surface area contributed by atoms with Crippen LogP contribution in [-0.2, 0) is 5.79 Å². The van der Waals surface area contributed by atoms with E-state index in [1.165, 1.54) is 0 Å². The minimum absolute atomic E-state index is 0.0309. The second-order valence-electron chi connectivity index (χ2n) is 9.64. The van der Waals surface area contributed by atoms with Crippen LogP contribution in [0.15, 0.2) is 24.3 Å². The normalized spacial score (nSPS) is 13.6. The Morgan fingerprint density at radius 3 is 2.44 bits per heavy atom. The molecule has 0 spiro atoms. The maximum absolute atomic E-state index is 16.3. The van der Waals surface area contributed by atoms with Crippen LogP contribution in [0.25, 0.3) is 32.9 Å². The van der Waals surface area contributed by atoms with Crippen LogP contribution in [0.4, 0.5) is 14.6 Å². The molecule has 0 bridgehead atoms. The van der Waals surface area contributed by atoms with Crippen LogP contribution in [0.3, 0.4) is 0 Å². The molecule has 0 saturated heterocycles. The summed E-state index contributed by atoms with van der Waals surface area (Å²) in [6.07, 6.45) is 3.69. The minimum Gasteiger partial charge on any atom is -0.508 e. The monoisotopic (exact) mass is 576 g/mol. The summed E-state index contributed by atoms with van der Waals surface area (Å²) >= 11 is 0. The number of phenols is 1. The Morgan fingerprint density at radius 1 is 1.00 bits per heavy atom. The van der Waals surface area contributed by atoms with Gasteiger partial charge >= 0.3 is 12.0 Å². The first-order valence-electron chi connectivity index (χ1n) is 12.6. The number of phenolic OH excluding ortho intramolecular Hbond substituents is 1. The molecular weight excluding hydrogens is 550 g/mol. The standard InChI is InChI=1S/C26H26F2N4O9/c1-2-3-4-5-8-32-11-40-23-17-21(30-24(41-39)31-22(17)32)19(28)20(29-23)14-10-13(33)9-12-6-7-15(27)18(16(12)14)25(34,35)26(36,37)38/h6-7,9-10,33-39H,2-5,8,11H2,1H3. The lowest BCUT2D eigenvalue weighted by Gasteiger charge is -2.32. The van der Waals surface area contributed by atoms with E-state index in [9.17, 15) is 35.9 Å². The Morgan fingerprint density at radius 2 is 1.76 bits per heavy atom. The summed E-state index contributed by atoms with van der Waals surface area (Å²) in [7, 11) is 0. The third kappa shape index (κ3) is 4.81. The van der Waals surface area contributed by atoms with Gasteiger partial charge in [-0.15, -0.1) is 0 Å². The molecule has 0 radical (unpaired) electrons. The van der Waals surface area contributed by atoms with Crippen LogP contribution in [0, 0.1) is 11.6 Å². The lowest BCUT2D eigenvalue weighted by Crippen LogP contribution is -2.52. The molecule has 3 heterocycles. The number of aromatic hydroxyl groups is 1. The Labute approximate surface area is 230 Å². The van der Waals surface area contributed by atoms with Gasteiger partial charge in [0.1, 0.15) is 28.2 Å². The highest BCUT2D eigenvalue weighted by Crippen LogP contribution is 2.45. The molecule has 5 rings (SSSR count). The maximum Gasteiger partial charge on any atom is 0.355 e. The highest BCUT2D eigenvalue weighted by molar-refractivity contribution is 6.03. The van der Waals surface area contributed by atoms with Gasteiger partial charge in [-0.25, -0.2) is 13.8 Å². The average Bonchev–Trinajstić information content (AvgIpc) is 2.92. The SMILES string of the molecule is CCCCCCN1COc2nc(-c3cc(O)cc4ccc(F)c(C(O)(O)C(O)(O)O)c34)c(F)c3nc(OO)nc1c23. The number of rotatable bonds is 9. The molecule has 1 aliphatic rings. The van der Waals surface area contributed by atoms with Gasteiger partial charge in [-0.1, -0.05) is 32.3 Å². The van der Waals surface area contributed by atoms with E-state index in [4.69, 9.17) is 4.74 Å². The molecule has 13 nitrogen and oxygen atoms in total. The first kappa shape index (κ1) is 28.5. The van der Waals surface area contributed by atoms with Crippen LogP contribution in [0.2, 0.25) is 0 Å². The molecule has 0 aliphatic carbocycles. The summed E-state index contributed by atoms with van der Waals surface area (Å²) in [4.78, 5) is 18.1. The van der Waals surface area contributed by atoms with Crippen LogP contribution in [-0.4, -0.2) is 70.1 Å². The number of hydrogen-bond donors (Lipinski definition) is 7. The van der Waals surface area contributed by atoms with E-state index in [2.05, 4.69) is 26.8 Å². The van der Waals surface area contributed by atoms with Crippen molar-refractivity contribution < 1.29 is 54.3 Å². The number of nitrogens with zero attached hydrogens (tertiary/aromatic N) is 4. The lowest BCUT2D eigenvalue weighted by molar-refractivity contribution is -0.454. The van der Waals surface area contributed by atoms with E-state index < -0.39 is 62.9 Å². The summed E-state index contributed by atoms with van der Waals surface area (Å²) in [5.41, 5.74) is -2.79. The topological polar surface area (TPSA) is 202 Å². The van der Waals surface area contributed by atoms with E-state index in [-0.39, 0.29) is 29.2 Å². The first-order chi connectivity index (χ1) is 19.4. The fourth-order valence-electron chi connectivity index (χ4n) is 4.88. The second-order valence-corrected chi connectivity index (χ2v) is 9.64. The molecule has 0 fully saturated rings. The molecule has 0 atom stereocenters. The number of benzene rings is 2. The van der Waals surface area contributed by atoms with E-state index in [1.54, 1.807) is 4.90 Å². The summed E-state index contributed by atoms with van der Waals surface area (Å²) in [5.74, 6) is -11.4. The molecule has 0 saturated carbocycles. The van der Waals surface area contributed by atoms with Crippen LogP contribution < -0.4 is 14.5 Å². The first-order valence-corrected chi connectivity index (χ1v) is 12.6. The van der Waals surface area contributed by atoms with Crippen molar-refractivity contribution in [2.75, 3.05) is 18.2 Å². The quantitative estimate of drug-likeness (QED) is 0.0662. The average molecular weight is 577 g/mol. The van der Waals surface area contributed by atoms with Gasteiger partial charge in [0, 0.05) is 17.5 Å². The molecule has 1 aliphatic heterocycles. The third-order valence-electron chi connectivity index (χ3n) is 6.86. The van der Waals surface area contributed by atoms with Crippen LogP contribution in [0.1, 0.15) is 38.2 Å². The molecule has 0 unspecified atom stereocenters. The van der Waals surface area contributed by atoms with Gasteiger partial charge in [0.05, 0.1) is 5.56 Å². The summed E-state index contributed by atoms with van der Waals surface area (Å²) in [6.45, 7) is 2.46. The van der Waals surface area contributed by atoms with Crippen molar-refractivity contribution in [1.82, 2.24) is 15.0 Å². The van der Waals surface area contributed by atoms with Crippen molar-refractivity contribution >= 4 is 27.5 Å². The predicted octanol–water partition coefficient (Wildman–Crippen LogP) is 2.19. The lowest BCUT2D eigenvalue weighted by atomic mass is 9.90. The van der Waals surface area contributed by atoms with E-state index in [0.717, 1.165) is 43.9 Å². The fourth-order valence-corrected chi connectivity index (χ4v) is 4.88. The zero-order chi connectivity index (χ0) is 29.7. The van der Waals surface area contributed by atoms with Gasteiger partial charge in [0.25, 0.3) is 5.79 Å². The van der Waals surface area contributed by atoms with E-state index in [0.29, 0.717) is 12.6 Å². The van der Waals surface area contributed by atoms with Gasteiger partial charge in [-0.2, -0.15) is 15.2 Å². The number of fused-ring (bicyclic) bond motifs is 1. The molecule has 4 aromatic rings. The van der Waals surface area contributed by atoms with E-state index in [1.807, 2.05) is 0 Å². The number of halogens is 2. The van der Waals surface area contributed by atoms with Gasteiger partial charge < -0.3 is 40.3 Å². The van der Waals surface area contributed by atoms with Crippen molar-refractivity contribution in [3.63, 3.8) is 0 Å². The van der Waals surface area contributed by atoms with Gasteiger partial charge in [-0.05, 0) is 30.0 Å². The Bertz CT molecular complexity index is 1650. The maximum atomic E-state index is 16.3. The van der Waals surface area contributed by atoms with Crippen LogP contribution in [0.5, 0.6) is 17.6 Å². The molecule has 15 heteroatoms. The molecule has 0 amide bonds. The number of hydrogen-bond acceptors (Lipinski definition) is 13. The second kappa shape index (κ2) is 10.4. The van der Waals surface area contributed by atoms with Crippen molar-refractivity contribution in [3.8, 4) is 28.9 Å². The highest BCUT2D eigenvalue weighted by Gasteiger charge is 2.51. The number of aromatic nitrogens is 3. The van der Waals surface area contributed by atoms with Crippen LogP contribution >= 0.6 is 0 Å². The van der Waals surface area contributed by atoms with Gasteiger partial charge in [0.15, 0.2) is 18.4 Å². The predicted molar refractivity (Wildman–Crippen MR) is 138 cm³/mol. The zero-order valence-electron chi connectivity index (χ0n) is 21.5. The largest absolute Gasteiger partial charge is 0.508 e. The molecule has 41 heavy (non-hydrogen) atoms. The minimum atomic E-state index is -4.27. The number of aliphatic hydroxyl groups is 5. The van der Waals surface area contributed by atoms with Crippen molar-refractivity contribution in [3.05, 3.63) is 41.5 Å². The summed E-state index contributed by atoms with van der Waals surface area (Å²) < 4.78 is 37.1. The molecule has 2 aromatic carbocycles. The highest BCUT2D eigenvalue weighted by atomic mass is 19.1. The Kier molecular flexibility index (Phi) is 7.27. The van der Waals surface area contributed by atoms with Crippen molar-refractivity contribution in [2.45, 2.75) is 44.4 Å². The number of ether oxygens (including phenoxy) is 1. The van der Waals surface area contributed by atoms with Crippen molar-refractivity contribution in [2.24, 2.45) is 0 Å². The smallest absolute Gasteiger partial charge is 0.355 e. The summed E-state index contributed by atoms with van der Waals surface area (Å²) in [6, 6.07) is 3.17. The molecular formula is C26H26F2N4O9. The Hall–Kier alpha value is -3.99. The number of anilines is 1. The number of unbranched alkanes of at least 4 members (excludes halogenated alkanes) is 3. The van der Waals surface area contributed by atoms with Gasteiger partial charge in [-0.3, -0.25) is 4.89 Å². The molecule has 218 valence electrons. The summed E-state index contributed by atoms with van der Waals surface area (Å²) in [5, 5.41) is 68.8. The zero-order valence-corrected chi connectivity index (χ0v) is 21.5. The molecule has 2 aromatic heterocycles. The third-order valence-corrected chi connectivity index (χ3v) is 6.86.